The summed E-state index contributed by atoms with van der Waals surface area (Å²) in [6.45, 7) is 2.14. The second-order valence-electron chi connectivity index (χ2n) is 6.34. The highest BCUT2D eigenvalue weighted by Gasteiger charge is 2.34. The van der Waals surface area contributed by atoms with E-state index in [2.05, 4.69) is 5.32 Å². The second-order valence-corrected chi connectivity index (χ2v) is 8.54. The molecule has 0 aromatic carbocycles. The first-order chi connectivity index (χ1) is 9.91. The number of piperidine rings is 1. The average molecular weight is 320 g/mol. The van der Waals surface area contributed by atoms with Crippen LogP contribution >= 0.6 is 0 Å². The molecule has 0 amide bonds. The molecule has 21 heavy (non-hydrogen) atoms. The van der Waals surface area contributed by atoms with Gasteiger partial charge in [0.05, 0.1) is 11.4 Å². The SMILES string of the molecule is CN(CC1(O)CCOCC1)S(=O)(=O)CCC1CCCCN1. The van der Waals surface area contributed by atoms with Crippen LogP contribution in [0.4, 0.5) is 0 Å². The zero-order valence-electron chi connectivity index (χ0n) is 12.9. The maximum Gasteiger partial charge on any atom is 0.214 e. The van der Waals surface area contributed by atoms with E-state index in [1.54, 1.807) is 7.05 Å². The molecule has 0 spiro atoms. The van der Waals surface area contributed by atoms with Gasteiger partial charge in [-0.2, -0.15) is 0 Å². The first kappa shape index (κ1) is 17.1. The predicted octanol–water partition coefficient (Wildman–Crippen LogP) is 0.322. The minimum atomic E-state index is -3.30. The fourth-order valence-corrected chi connectivity index (χ4v) is 4.37. The molecule has 2 saturated heterocycles. The normalized spacial score (nSPS) is 26.9. The zero-order valence-corrected chi connectivity index (χ0v) is 13.7. The van der Waals surface area contributed by atoms with Crippen LogP contribution in [-0.2, 0) is 14.8 Å². The van der Waals surface area contributed by atoms with Crippen LogP contribution in [0.3, 0.4) is 0 Å². The Bertz CT molecular complexity index is 415. The summed E-state index contributed by atoms with van der Waals surface area (Å²) in [6, 6.07) is 0.313. The third-order valence-electron chi connectivity index (χ3n) is 4.55. The molecule has 0 aromatic heterocycles. The van der Waals surface area contributed by atoms with Gasteiger partial charge < -0.3 is 15.2 Å². The molecular formula is C14H28N2O4S. The van der Waals surface area contributed by atoms with Crippen LogP contribution in [0.1, 0.15) is 38.5 Å². The number of sulfonamides is 1. The van der Waals surface area contributed by atoms with Gasteiger partial charge >= 0.3 is 0 Å². The molecule has 2 aliphatic heterocycles. The van der Waals surface area contributed by atoms with E-state index in [1.807, 2.05) is 0 Å². The third-order valence-corrected chi connectivity index (χ3v) is 6.38. The molecule has 0 aromatic rings. The maximum absolute atomic E-state index is 12.3. The monoisotopic (exact) mass is 320 g/mol. The number of ether oxygens (including phenoxy) is 1. The van der Waals surface area contributed by atoms with Gasteiger partial charge in [0.1, 0.15) is 0 Å². The zero-order chi connectivity index (χ0) is 15.3. The van der Waals surface area contributed by atoms with Crippen molar-refractivity contribution in [3.63, 3.8) is 0 Å². The van der Waals surface area contributed by atoms with E-state index in [9.17, 15) is 13.5 Å². The molecule has 6 nitrogen and oxygen atoms in total. The van der Waals surface area contributed by atoms with Crippen LogP contribution < -0.4 is 5.32 Å². The lowest BCUT2D eigenvalue weighted by Crippen LogP contribution is -2.48. The van der Waals surface area contributed by atoms with Gasteiger partial charge in [0.15, 0.2) is 0 Å². The van der Waals surface area contributed by atoms with E-state index in [1.165, 1.54) is 17.1 Å². The minimum Gasteiger partial charge on any atom is -0.388 e. The Hall–Kier alpha value is -0.210. The standard InChI is InChI=1S/C14H28N2O4S/c1-16(12-14(17)6-9-20-10-7-14)21(18,19)11-5-13-4-2-3-8-15-13/h13,15,17H,2-12H2,1H3. The van der Waals surface area contributed by atoms with Crippen molar-refractivity contribution in [3.8, 4) is 0 Å². The second kappa shape index (κ2) is 7.37. The van der Waals surface area contributed by atoms with Gasteiger partial charge in [-0.05, 0) is 25.8 Å². The van der Waals surface area contributed by atoms with Crippen molar-refractivity contribution >= 4 is 10.0 Å². The lowest BCUT2D eigenvalue weighted by atomic mass is 9.95. The Morgan fingerprint density at radius 1 is 1.33 bits per heavy atom. The average Bonchev–Trinajstić information content (AvgIpc) is 2.46. The summed E-state index contributed by atoms with van der Waals surface area (Å²) in [4.78, 5) is 0. The van der Waals surface area contributed by atoms with Gasteiger partial charge in [-0.3, -0.25) is 0 Å². The van der Waals surface area contributed by atoms with Gasteiger partial charge in [-0.25, -0.2) is 12.7 Å². The molecule has 2 fully saturated rings. The first-order valence-corrected chi connectivity index (χ1v) is 9.50. The van der Waals surface area contributed by atoms with Crippen molar-refractivity contribution < 1.29 is 18.3 Å². The van der Waals surface area contributed by atoms with Gasteiger partial charge in [0.25, 0.3) is 0 Å². The summed E-state index contributed by atoms with van der Waals surface area (Å²) < 4.78 is 31.2. The summed E-state index contributed by atoms with van der Waals surface area (Å²) >= 11 is 0. The number of hydrogen-bond donors (Lipinski definition) is 2. The Morgan fingerprint density at radius 2 is 2.05 bits per heavy atom. The van der Waals surface area contributed by atoms with Crippen LogP contribution in [0.5, 0.6) is 0 Å². The van der Waals surface area contributed by atoms with Crippen molar-refractivity contribution in [3.05, 3.63) is 0 Å². The van der Waals surface area contributed by atoms with Crippen LogP contribution in [0.15, 0.2) is 0 Å². The molecule has 7 heteroatoms. The van der Waals surface area contributed by atoms with Crippen molar-refractivity contribution in [2.75, 3.05) is 39.1 Å². The van der Waals surface area contributed by atoms with Crippen LogP contribution in [0.25, 0.3) is 0 Å². The number of hydrogen-bond acceptors (Lipinski definition) is 5. The van der Waals surface area contributed by atoms with Crippen LogP contribution in [0, 0.1) is 0 Å². The molecule has 1 unspecified atom stereocenters. The Kier molecular flexibility index (Phi) is 6.02. The van der Waals surface area contributed by atoms with Crippen molar-refractivity contribution in [2.45, 2.75) is 50.2 Å². The molecule has 2 heterocycles. The molecule has 0 radical (unpaired) electrons. The van der Waals surface area contributed by atoms with E-state index in [0.717, 1.165) is 13.0 Å². The molecule has 0 aliphatic carbocycles. The number of nitrogens with one attached hydrogen (secondary N) is 1. The number of aliphatic hydroxyl groups is 1. The number of rotatable bonds is 6. The molecular weight excluding hydrogens is 292 g/mol. The molecule has 1 atom stereocenters. The van der Waals surface area contributed by atoms with E-state index in [4.69, 9.17) is 4.74 Å². The molecule has 0 bridgehead atoms. The largest absolute Gasteiger partial charge is 0.388 e. The lowest BCUT2D eigenvalue weighted by molar-refractivity contribution is -0.0689. The van der Waals surface area contributed by atoms with Gasteiger partial charge in [-0.15, -0.1) is 0 Å². The van der Waals surface area contributed by atoms with Crippen molar-refractivity contribution in [1.82, 2.24) is 9.62 Å². The van der Waals surface area contributed by atoms with E-state index in [-0.39, 0.29) is 12.3 Å². The molecule has 124 valence electrons. The minimum absolute atomic E-state index is 0.147. The van der Waals surface area contributed by atoms with Gasteiger partial charge in [0, 0.05) is 45.7 Å². The van der Waals surface area contributed by atoms with Gasteiger partial charge in [-0.1, -0.05) is 6.42 Å². The Morgan fingerprint density at radius 3 is 2.67 bits per heavy atom. The highest BCUT2D eigenvalue weighted by atomic mass is 32.2. The summed E-state index contributed by atoms with van der Waals surface area (Å²) in [5.41, 5.74) is -0.941. The number of likely N-dealkylation sites (N-methyl/N-ethyl adjacent to an activating group) is 1. The fourth-order valence-electron chi connectivity index (χ4n) is 3.04. The van der Waals surface area contributed by atoms with E-state index in [0.29, 0.717) is 38.5 Å². The van der Waals surface area contributed by atoms with Crippen molar-refractivity contribution in [2.24, 2.45) is 0 Å². The summed E-state index contributed by atoms with van der Waals surface area (Å²) in [5, 5.41) is 13.8. The fraction of sp³-hybridized carbons (Fsp3) is 1.00. The molecule has 2 aliphatic rings. The van der Waals surface area contributed by atoms with Crippen LogP contribution in [-0.4, -0.2) is 68.6 Å². The maximum atomic E-state index is 12.3. The van der Waals surface area contributed by atoms with Crippen molar-refractivity contribution in [1.29, 1.82) is 0 Å². The highest BCUT2D eigenvalue weighted by Crippen LogP contribution is 2.22. The topological polar surface area (TPSA) is 78.9 Å². The smallest absolute Gasteiger partial charge is 0.214 e. The Labute approximate surface area is 127 Å². The lowest BCUT2D eigenvalue weighted by Gasteiger charge is -2.35. The van der Waals surface area contributed by atoms with Gasteiger partial charge in [0.2, 0.25) is 10.0 Å². The molecule has 0 saturated carbocycles. The quantitative estimate of drug-likeness (QED) is 0.737. The molecule has 2 N–H and O–H groups in total. The summed E-state index contributed by atoms with van der Waals surface area (Å²) in [6.07, 6.45) is 5.05. The highest BCUT2D eigenvalue weighted by molar-refractivity contribution is 7.89. The molecule has 2 rings (SSSR count). The number of nitrogens with zero attached hydrogens (tertiary/aromatic N) is 1. The summed E-state index contributed by atoms with van der Waals surface area (Å²) in [7, 11) is -1.74. The Balaban J connectivity index is 1.82. The third kappa shape index (κ3) is 5.17. The summed E-state index contributed by atoms with van der Waals surface area (Å²) in [5.74, 6) is 0.147. The predicted molar refractivity (Wildman–Crippen MR) is 81.7 cm³/mol. The first-order valence-electron chi connectivity index (χ1n) is 7.89. The van der Waals surface area contributed by atoms with Crippen LogP contribution in [0.2, 0.25) is 0 Å². The van der Waals surface area contributed by atoms with E-state index >= 15 is 0 Å². The van der Waals surface area contributed by atoms with E-state index < -0.39 is 15.6 Å².